The van der Waals surface area contributed by atoms with E-state index in [9.17, 15) is 0 Å². The van der Waals surface area contributed by atoms with E-state index in [0.29, 0.717) is 0 Å². The van der Waals surface area contributed by atoms with Crippen LogP contribution in [0, 0.1) is 11.8 Å². The third-order valence-corrected chi connectivity index (χ3v) is 10.9. The van der Waals surface area contributed by atoms with Crippen LogP contribution < -0.4 is 4.90 Å². The van der Waals surface area contributed by atoms with E-state index in [4.69, 9.17) is 0 Å². The molecule has 0 spiro atoms. The number of hydrogen-bond donors (Lipinski definition) is 0. The van der Waals surface area contributed by atoms with Gasteiger partial charge in [0.2, 0.25) is 0 Å². The summed E-state index contributed by atoms with van der Waals surface area (Å²) in [6.45, 7) is 0. The van der Waals surface area contributed by atoms with Crippen molar-refractivity contribution in [2.45, 2.75) is 5.41 Å². The predicted octanol–water partition coefficient (Wildman–Crippen LogP) is 13.5. The molecular weight excluding hydrogens is 651 g/mol. The van der Waals surface area contributed by atoms with E-state index in [-0.39, 0.29) is 0 Å². The van der Waals surface area contributed by atoms with Crippen LogP contribution in [0.4, 0.5) is 17.1 Å². The monoisotopic (exact) mass is 685 g/mol. The second-order valence-electron chi connectivity index (χ2n) is 13.9. The van der Waals surface area contributed by atoms with Gasteiger partial charge in [0, 0.05) is 22.6 Å². The summed E-state index contributed by atoms with van der Waals surface area (Å²) in [5.74, 6) is 7.68. The second-order valence-corrected chi connectivity index (χ2v) is 13.9. The third kappa shape index (κ3) is 5.20. The molecule has 54 heavy (non-hydrogen) atoms. The van der Waals surface area contributed by atoms with Gasteiger partial charge >= 0.3 is 0 Å². The molecular formula is C53H35N. The minimum absolute atomic E-state index is 0.694. The molecule has 1 atom stereocenters. The molecule has 10 rings (SSSR count). The van der Waals surface area contributed by atoms with Crippen molar-refractivity contribution in [1.29, 1.82) is 0 Å². The van der Waals surface area contributed by atoms with Gasteiger partial charge in [0.1, 0.15) is 5.41 Å². The Morgan fingerprint density at radius 2 is 0.926 bits per heavy atom. The van der Waals surface area contributed by atoms with Crippen molar-refractivity contribution >= 4 is 38.6 Å². The van der Waals surface area contributed by atoms with Gasteiger partial charge in [0.15, 0.2) is 0 Å². The first-order valence-electron chi connectivity index (χ1n) is 18.5. The Morgan fingerprint density at radius 1 is 0.370 bits per heavy atom. The lowest BCUT2D eigenvalue weighted by atomic mass is 9.72. The maximum absolute atomic E-state index is 3.95. The molecule has 0 amide bonds. The fraction of sp³-hybridized carbons (Fsp3) is 0.0189. The molecule has 1 unspecified atom stereocenters. The van der Waals surface area contributed by atoms with Gasteiger partial charge < -0.3 is 4.90 Å². The van der Waals surface area contributed by atoms with E-state index in [1.165, 1.54) is 49.5 Å². The van der Waals surface area contributed by atoms with Crippen molar-refractivity contribution in [3.8, 4) is 34.1 Å². The Balaban J connectivity index is 1.17. The van der Waals surface area contributed by atoms with Crippen molar-refractivity contribution in [2.24, 2.45) is 0 Å². The predicted molar refractivity (Wildman–Crippen MR) is 227 cm³/mol. The molecule has 0 saturated heterocycles. The first-order chi connectivity index (χ1) is 26.8. The molecule has 0 radical (unpaired) electrons. The topological polar surface area (TPSA) is 3.24 Å². The number of benzene rings is 9. The minimum Gasteiger partial charge on any atom is -0.310 e. The fourth-order valence-corrected chi connectivity index (χ4v) is 8.40. The fourth-order valence-electron chi connectivity index (χ4n) is 8.40. The Labute approximate surface area is 316 Å². The van der Waals surface area contributed by atoms with E-state index in [1.807, 2.05) is 0 Å². The smallest absolute Gasteiger partial charge is 0.108 e. The lowest BCUT2D eigenvalue weighted by Gasteiger charge is -2.30. The average molecular weight is 686 g/mol. The van der Waals surface area contributed by atoms with Crippen LogP contribution in [0.5, 0.6) is 0 Å². The van der Waals surface area contributed by atoms with Crippen LogP contribution in [0.2, 0.25) is 0 Å². The maximum Gasteiger partial charge on any atom is 0.108 e. The van der Waals surface area contributed by atoms with Crippen LogP contribution >= 0.6 is 0 Å². The molecule has 252 valence electrons. The maximum atomic E-state index is 3.95. The van der Waals surface area contributed by atoms with E-state index in [0.717, 1.165) is 33.6 Å². The van der Waals surface area contributed by atoms with Gasteiger partial charge in [0.05, 0.1) is 0 Å². The Bertz CT molecular complexity index is 2870. The van der Waals surface area contributed by atoms with Crippen LogP contribution in [-0.2, 0) is 5.41 Å². The largest absolute Gasteiger partial charge is 0.310 e. The molecule has 0 N–H and O–H groups in total. The van der Waals surface area contributed by atoms with Gasteiger partial charge in [-0.2, -0.15) is 0 Å². The Morgan fingerprint density at radius 3 is 1.72 bits per heavy atom. The molecule has 1 nitrogen and oxygen atoms in total. The summed E-state index contributed by atoms with van der Waals surface area (Å²) < 4.78 is 0. The van der Waals surface area contributed by atoms with E-state index in [1.54, 1.807) is 0 Å². The third-order valence-electron chi connectivity index (χ3n) is 10.9. The molecule has 1 heteroatoms. The number of para-hydroxylation sites is 1. The van der Waals surface area contributed by atoms with Gasteiger partial charge in [-0.25, -0.2) is 0 Å². The van der Waals surface area contributed by atoms with Crippen molar-refractivity contribution < 1.29 is 0 Å². The molecule has 9 aromatic rings. The SMILES string of the molecule is C(#CC1(c2ccccc2)c2ccccc2-c2ccc(N(c3ccccc3)c3ccc(-c4cccc5ccccc45)cc3)cc21)c1cccc2ccccc12. The van der Waals surface area contributed by atoms with Gasteiger partial charge in [-0.1, -0.05) is 182 Å². The molecule has 0 heterocycles. The van der Waals surface area contributed by atoms with Crippen LogP contribution in [-0.4, -0.2) is 0 Å². The quantitative estimate of drug-likeness (QED) is 0.163. The van der Waals surface area contributed by atoms with Crippen molar-refractivity contribution in [1.82, 2.24) is 0 Å². The summed E-state index contributed by atoms with van der Waals surface area (Å²) in [5, 5.41) is 4.86. The summed E-state index contributed by atoms with van der Waals surface area (Å²) in [4.78, 5) is 2.37. The zero-order valence-corrected chi connectivity index (χ0v) is 29.7. The van der Waals surface area contributed by atoms with Crippen LogP contribution in [0.1, 0.15) is 22.3 Å². The molecule has 9 aromatic carbocycles. The number of fused-ring (bicyclic) bond motifs is 5. The molecule has 1 aliphatic rings. The van der Waals surface area contributed by atoms with Crippen LogP contribution in [0.25, 0.3) is 43.8 Å². The lowest BCUT2D eigenvalue weighted by molar-refractivity contribution is 0.837. The van der Waals surface area contributed by atoms with E-state index >= 15 is 0 Å². The molecule has 0 bridgehead atoms. The first kappa shape index (κ1) is 31.6. The number of hydrogen-bond acceptors (Lipinski definition) is 1. The Kier molecular flexibility index (Phi) is 7.68. The second kappa shape index (κ2) is 13.1. The van der Waals surface area contributed by atoms with Crippen molar-refractivity contribution in [3.63, 3.8) is 0 Å². The standard InChI is InChI=1S/C53H35N/c1-3-20-42(21-4-1)53(36-35-40-18-13-17-38-15-7-9-24-46(38)40)51-28-12-11-26-49(51)50-34-33-45(37-52(50)53)54(43-22-5-2-6-23-43)44-31-29-41(30-32-44)48-27-14-19-39-16-8-10-25-47(39)48/h1-34,37H. The minimum atomic E-state index is -0.694. The first-order valence-corrected chi connectivity index (χ1v) is 18.5. The highest BCUT2D eigenvalue weighted by atomic mass is 15.1. The molecule has 0 aromatic heterocycles. The van der Waals surface area contributed by atoms with Crippen molar-refractivity contribution in [3.05, 3.63) is 235 Å². The van der Waals surface area contributed by atoms with E-state index in [2.05, 4.69) is 229 Å². The highest BCUT2D eigenvalue weighted by molar-refractivity contribution is 5.97. The average Bonchev–Trinajstić information content (AvgIpc) is 3.53. The number of nitrogens with zero attached hydrogens (tertiary/aromatic N) is 1. The zero-order chi connectivity index (χ0) is 35.9. The summed E-state index contributed by atoms with van der Waals surface area (Å²) in [6, 6.07) is 76.3. The summed E-state index contributed by atoms with van der Waals surface area (Å²) in [6.07, 6.45) is 0. The highest BCUT2D eigenvalue weighted by Gasteiger charge is 2.44. The highest BCUT2D eigenvalue weighted by Crippen LogP contribution is 2.54. The van der Waals surface area contributed by atoms with Gasteiger partial charge in [-0.15, -0.1) is 0 Å². The normalized spacial score (nSPS) is 14.2. The van der Waals surface area contributed by atoms with E-state index < -0.39 is 5.41 Å². The summed E-state index contributed by atoms with van der Waals surface area (Å²) in [7, 11) is 0. The zero-order valence-electron chi connectivity index (χ0n) is 29.7. The van der Waals surface area contributed by atoms with Gasteiger partial charge in [0.25, 0.3) is 0 Å². The van der Waals surface area contributed by atoms with Gasteiger partial charge in [-0.3, -0.25) is 0 Å². The van der Waals surface area contributed by atoms with Crippen LogP contribution in [0.15, 0.2) is 212 Å². The summed E-state index contributed by atoms with van der Waals surface area (Å²) >= 11 is 0. The van der Waals surface area contributed by atoms with Gasteiger partial charge in [-0.05, 0) is 103 Å². The molecule has 1 aliphatic carbocycles. The van der Waals surface area contributed by atoms with Crippen molar-refractivity contribution in [2.75, 3.05) is 4.90 Å². The summed E-state index contributed by atoms with van der Waals surface area (Å²) in [5.41, 5.74) is 12.0. The lowest BCUT2D eigenvalue weighted by Crippen LogP contribution is -2.25. The Hall–Kier alpha value is -7.14. The molecule has 0 aliphatic heterocycles. The van der Waals surface area contributed by atoms with Crippen LogP contribution in [0.3, 0.4) is 0 Å². The number of anilines is 3. The molecule has 0 fully saturated rings. The molecule has 0 saturated carbocycles. The number of rotatable bonds is 5.